The molecule has 1 aromatic carbocycles. The summed E-state index contributed by atoms with van der Waals surface area (Å²) in [6, 6.07) is -7.90. The number of nitrogens with one attached hydrogen (secondary N) is 4. The number of nitrogen functional groups attached to an aromatic ring is 1. The van der Waals surface area contributed by atoms with Gasteiger partial charge >= 0.3 is 11.9 Å². The van der Waals surface area contributed by atoms with Gasteiger partial charge in [-0.05, 0) is 88.7 Å². The van der Waals surface area contributed by atoms with Crippen molar-refractivity contribution < 1.29 is 71.4 Å². The normalized spacial score (nSPS) is 26.2. The minimum Gasteiger partial charge on any atom is -0.458 e. The highest BCUT2D eigenvalue weighted by Gasteiger charge is 2.46. The molecule has 0 saturated carbocycles. The molecule has 5 aliphatic heterocycles. The quantitative estimate of drug-likeness (QED) is 0.118. The minimum absolute atomic E-state index is 0.0763. The number of benzene rings is 2. The summed E-state index contributed by atoms with van der Waals surface area (Å²) in [6.45, 7) is 18.4. The molecule has 0 radical (unpaired) electrons. The number of carbonyl (C=O) groups excluding carboxylic acids is 12. The lowest BCUT2D eigenvalue weighted by molar-refractivity contribution is -0.163. The number of carbonyl (C=O) groups is 12. The molecule has 0 aromatic heterocycles. The summed E-state index contributed by atoms with van der Waals surface area (Å²) in [4.78, 5) is 199. The molecule has 1 aliphatic carbocycles. The van der Waals surface area contributed by atoms with Crippen LogP contribution in [0.5, 0.6) is 0 Å². The van der Waals surface area contributed by atoms with Crippen molar-refractivity contribution in [3.63, 3.8) is 0 Å². The van der Waals surface area contributed by atoms with Gasteiger partial charge in [-0.2, -0.15) is 0 Å². The zero-order valence-corrected chi connectivity index (χ0v) is 54.1. The topological polar surface area (TPSA) is 360 Å². The number of hydrogen-bond donors (Lipinski definition) is 5. The first-order chi connectivity index (χ1) is 42.1. The van der Waals surface area contributed by atoms with E-state index in [4.69, 9.17) is 24.6 Å². The van der Waals surface area contributed by atoms with Gasteiger partial charge in [0.15, 0.2) is 11.3 Å². The van der Waals surface area contributed by atoms with Crippen molar-refractivity contribution in [3.05, 3.63) is 44.6 Å². The Morgan fingerprint density at radius 3 is 1.44 bits per heavy atom. The van der Waals surface area contributed by atoms with Crippen molar-refractivity contribution in [2.45, 2.75) is 169 Å². The number of fused-ring (bicyclic) bond motifs is 4. The Balaban J connectivity index is 1.32. The Labute approximate surface area is 522 Å². The first kappa shape index (κ1) is 68.8. The second-order valence-electron chi connectivity index (χ2n) is 25.5. The smallest absolute Gasteiger partial charge is 0.329 e. The van der Waals surface area contributed by atoms with Crippen molar-refractivity contribution in [3.8, 4) is 11.5 Å². The maximum absolute atomic E-state index is 15.2. The zero-order chi connectivity index (χ0) is 67.0. The van der Waals surface area contributed by atoms with Crippen molar-refractivity contribution >= 4 is 87.8 Å². The van der Waals surface area contributed by atoms with Crippen LogP contribution in [0.3, 0.4) is 0 Å². The Morgan fingerprint density at radius 1 is 0.611 bits per heavy atom. The van der Waals surface area contributed by atoms with Crippen molar-refractivity contribution in [1.29, 1.82) is 0 Å². The Bertz CT molecular complexity index is 3420. The summed E-state index contributed by atoms with van der Waals surface area (Å²) >= 11 is 0. The Hall–Kier alpha value is -8.72. The number of nitrogens with two attached hydrogens (primary N) is 1. The van der Waals surface area contributed by atoms with Gasteiger partial charge in [0.2, 0.25) is 52.7 Å². The summed E-state index contributed by atoms with van der Waals surface area (Å²) in [6.07, 6.45) is -1.65. The van der Waals surface area contributed by atoms with Crippen LogP contribution in [-0.2, 0) is 57.4 Å². The van der Waals surface area contributed by atoms with E-state index in [1.54, 1.807) is 62.3 Å². The van der Waals surface area contributed by atoms with Crippen LogP contribution in [0.25, 0.3) is 22.6 Å². The van der Waals surface area contributed by atoms with Crippen LogP contribution < -0.4 is 32.4 Å². The van der Waals surface area contributed by atoms with Gasteiger partial charge in [0.1, 0.15) is 71.8 Å². The predicted octanol–water partition coefficient (Wildman–Crippen LogP) is 0.726. The molecule has 4 saturated heterocycles. The molecule has 1 aromatic rings. The fourth-order valence-corrected chi connectivity index (χ4v) is 12.3. The molecular weight excluding hydrogens is 1170 g/mol. The molecule has 0 spiro atoms. The van der Waals surface area contributed by atoms with Crippen LogP contribution in [0.1, 0.15) is 127 Å². The third-order valence-electron chi connectivity index (χ3n) is 17.5. The van der Waals surface area contributed by atoms with E-state index in [0.29, 0.717) is 18.4 Å². The number of aromatic nitrogens is 1. The molecule has 6 aliphatic rings. The molecular formula is C62H86N12O16. The van der Waals surface area contributed by atoms with Crippen LogP contribution in [0.4, 0.5) is 5.69 Å². The Morgan fingerprint density at radius 2 is 1.03 bits per heavy atom. The molecule has 90 heavy (non-hydrogen) atoms. The molecule has 7 rings (SSSR count). The maximum atomic E-state index is 15.2. The lowest BCUT2D eigenvalue weighted by atomic mass is 9.98. The number of hydrogen-bond acceptors (Lipinski definition) is 18. The summed E-state index contributed by atoms with van der Waals surface area (Å²) in [5.74, 6) is -12.4. The summed E-state index contributed by atoms with van der Waals surface area (Å²) < 4.78 is 18.3. The molecule has 10 atom stereocenters. The number of nitrogens with zero attached hydrogens (tertiary/aromatic N) is 7. The SMILES string of the molecule is Cc1c2oc3c(C)ccc(C(=O)NC4C(=O)N[C@H](C(C)C)C(=O)N5CCC[C@H]5C(=O)N(C)CC(=O)N(C)[C@@H](C(C)C)C(=O)O[C@@H]4C)c3nc-2c(C(=O)NC2C(=O)N[C@H](C(C)C)C(=O)N3CCC[C@H]3C(=O)N(C)CC(=O)N(C)[C@@H](C(C)C)C(=O)O[C@@H]2C)c(N)c1=O. The van der Waals surface area contributed by atoms with Crippen LogP contribution in [0.15, 0.2) is 21.3 Å². The standard InChI is InChI=1S/C62H86N12O16/c1-27(2)42-59(84)73-23-17-19-36(73)57(82)69(13)25-38(75)71(15)48(29(5)6)61(86)88-33(11)44(55(80)65-42)67-53(78)35-22-21-31(9)51-46(35)64-47-40(41(63)50(77)32(10)52(47)90-51)54(79)68-45-34(12)89-62(87)49(30(7)8)72(16)39(76)26-70(14)58(83)37-20-18-24-74(37)60(85)43(28(3)4)66-56(45)81/h21-22,27-30,33-34,36-37,42-45,48-49H,17-20,23-26,63H2,1-16H3,(H,65,80)(H,66,81)(H,67,78)(H,68,79)/t33-,34-,36+,37+,42-,43-,44?,45?,48+,49+/m1/s1. The van der Waals surface area contributed by atoms with Gasteiger partial charge in [0, 0.05) is 46.8 Å². The highest BCUT2D eigenvalue weighted by atomic mass is 16.6. The van der Waals surface area contributed by atoms with Crippen LogP contribution in [-0.4, -0.2) is 220 Å². The van der Waals surface area contributed by atoms with E-state index in [0.717, 1.165) is 9.80 Å². The lowest BCUT2D eigenvalue weighted by Crippen LogP contribution is -2.61. The van der Waals surface area contributed by atoms with Crippen molar-refractivity contribution in [2.24, 2.45) is 23.7 Å². The van der Waals surface area contributed by atoms with Gasteiger partial charge in [-0.3, -0.25) is 52.7 Å². The molecule has 10 amide bonds. The third kappa shape index (κ3) is 13.7. The lowest BCUT2D eigenvalue weighted by Gasteiger charge is -2.36. The number of likely N-dealkylation sites (N-methyl/N-ethyl adjacent to an activating group) is 4. The van der Waals surface area contributed by atoms with Crippen molar-refractivity contribution in [2.75, 3.05) is 60.1 Å². The monoisotopic (exact) mass is 1250 g/mol. The second kappa shape index (κ2) is 27.6. The van der Waals surface area contributed by atoms with E-state index >= 15 is 9.59 Å². The second-order valence-corrected chi connectivity index (χ2v) is 25.5. The highest BCUT2D eigenvalue weighted by Crippen LogP contribution is 2.35. The van der Waals surface area contributed by atoms with Crippen LogP contribution in [0, 0.1) is 37.5 Å². The number of amides is 10. The minimum atomic E-state index is -1.88. The Kier molecular flexibility index (Phi) is 21.1. The number of anilines is 1. The van der Waals surface area contributed by atoms with E-state index < -0.39 is 191 Å². The largest absolute Gasteiger partial charge is 0.458 e. The zero-order valence-electron chi connectivity index (χ0n) is 54.1. The predicted molar refractivity (Wildman–Crippen MR) is 325 cm³/mol. The van der Waals surface area contributed by atoms with E-state index in [-0.39, 0.29) is 53.9 Å². The molecule has 28 heteroatoms. The van der Waals surface area contributed by atoms with Gasteiger partial charge in [-0.15, -0.1) is 0 Å². The highest BCUT2D eigenvalue weighted by molar-refractivity contribution is 6.10. The fourth-order valence-electron chi connectivity index (χ4n) is 12.3. The molecule has 5 heterocycles. The van der Waals surface area contributed by atoms with Gasteiger partial charge in [-0.1, -0.05) is 61.5 Å². The van der Waals surface area contributed by atoms with E-state index in [9.17, 15) is 52.7 Å². The number of ether oxygens (including phenoxy) is 2. The van der Waals surface area contributed by atoms with E-state index in [1.165, 1.54) is 80.7 Å². The summed E-state index contributed by atoms with van der Waals surface area (Å²) in [5.41, 5.74) is 3.57. The third-order valence-corrected chi connectivity index (χ3v) is 17.5. The molecule has 490 valence electrons. The average molecular weight is 1260 g/mol. The number of esters is 2. The summed E-state index contributed by atoms with van der Waals surface area (Å²) in [7, 11) is 5.59. The van der Waals surface area contributed by atoms with Gasteiger partial charge < -0.3 is 70.3 Å². The molecule has 6 N–H and O–H groups in total. The number of cyclic esters (lactones) is 2. The molecule has 4 fully saturated rings. The number of rotatable bonds is 8. The van der Waals surface area contributed by atoms with E-state index in [1.807, 2.05) is 0 Å². The van der Waals surface area contributed by atoms with Gasteiger partial charge in [-0.25, -0.2) is 14.6 Å². The van der Waals surface area contributed by atoms with Crippen LogP contribution in [0.2, 0.25) is 0 Å². The van der Waals surface area contributed by atoms with Gasteiger partial charge in [0.05, 0.1) is 29.9 Å². The fraction of sp³-hybridized carbons (Fsp3) is 0.613. The molecule has 0 bridgehead atoms. The first-order valence-electron chi connectivity index (χ1n) is 30.5. The van der Waals surface area contributed by atoms with E-state index in [2.05, 4.69) is 21.3 Å². The summed E-state index contributed by atoms with van der Waals surface area (Å²) in [5, 5.41) is 10.7. The average Bonchev–Trinajstić information content (AvgIpc) is 0.893. The maximum Gasteiger partial charge on any atom is 0.329 e. The molecule has 2 unspecified atom stereocenters. The van der Waals surface area contributed by atoms with Crippen molar-refractivity contribution in [1.82, 2.24) is 55.7 Å². The van der Waals surface area contributed by atoms with Gasteiger partial charge in [0.25, 0.3) is 11.8 Å². The van der Waals surface area contributed by atoms with Crippen LogP contribution >= 0.6 is 0 Å². The number of aryl methyl sites for hydroxylation is 1. The molecule has 28 nitrogen and oxygen atoms in total. The first-order valence-corrected chi connectivity index (χ1v) is 30.5.